The van der Waals surface area contributed by atoms with Gasteiger partial charge in [0.2, 0.25) is 0 Å². The first-order valence-electron chi connectivity index (χ1n) is 10.7. The summed E-state index contributed by atoms with van der Waals surface area (Å²) in [4.78, 5) is 31.3. The van der Waals surface area contributed by atoms with E-state index in [2.05, 4.69) is 34.1 Å². The predicted molar refractivity (Wildman–Crippen MR) is 118 cm³/mol. The fourth-order valence-electron chi connectivity index (χ4n) is 4.19. The van der Waals surface area contributed by atoms with Crippen LogP contribution in [0.3, 0.4) is 0 Å². The largest absolute Gasteiger partial charge is 0.486 e. The summed E-state index contributed by atoms with van der Waals surface area (Å²) in [5.41, 5.74) is 2.22. The molecule has 0 N–H and O–H groups in total. The van der Waals surface area contributed by atoms with Crippen LogP contribution in [-0.2, 0) is 4.79 Å². The molecule has 3 heterocycles. The third kappa shape index (κ3) is 4.06. The highest BCUT2D eigenvalue weighted by molar-refractivity contribution is 6.52. The first-order chi connectivity index (χ1) is 15.2. The van der Waals surface area contributed by atoms with Crippen LogP contribution in [0.2, 0.25) is 0 Å². The van der Waals surface area contributed by atoms with Gasteiger partial charge in [-0.25, -0.2) is 0 Å². The third-order valence-corrected chi connectivity index (χ3v) is 5.92. The lowest BCUT2D eigenvalue weighted by atomic mass is 10.1. The van der Waals surface area contributed by atoms with Crippen LogP contribution in [0.1, 0.15) is 15.9 Å². The smallest absolute Gasteiger partial charge is 0.300 e. The first-order valence-corrected chi connectivity index (χ1v) is 10.7. The van der Waals surface area contributed by atoms with Gasteiger partial charge in [-0.15, -0.1) is 0 Å². The zero-order chi connectivity index (χ0) is 21.2. The predicted octanol–water partition coefficient (Wildman–Crippen LogP) is 2.28. The molecule has 0 aromatic heterocycles. The van der Waals surface area contributed by atoms with Crippen molar-refractivity contribution in [1.29, 1.82) is 0 Å². The number of benzene rings is 2. The molecular formula is C24H25N3O4. The zero-order valence-corrected chi connectivity index (χ0v) is 17.3. The molecule has 1 fully saturated rings. The van der Waals surface area contributed by atoms with E-state index >= 15 is 0 Å². The Labute approximate surface area is 181 Å². The minimum absolute atomic E-state index is 0.402. The Balaban J connectivity index is 1.20. The maximum atomic E-state index is 12.6. The lowest BCUT2D eigenvalue weighted by Gasteiger charge is -2.36. The summed E-state index contributed by atoms with van der Waals surface area (Å²) in [7, 11) is 0. The Morgan fingerprint density at radius 1 is 0.871 bits per heavy atom. The van der Waals surface area contributed by atoms with E-state index in [-0.39, 0.29) is 0 Å². The summed E-state index contributed by atoms with van der Waals surface area (Å²) in [5.74, 6) is 0.167. The van der Waals surface area contributed by atoms with Crippen LogP contribution in [0.25, 0.3) is 6.08 Å². The molecule has 0 radical (unpaired) electrons. The van der Waals surface area contributed by atoms with E-state index < -0.39 is 11.7 Å². The number of rotatable bonds is 5. The van der Waals surface area contributed by atoms with Crippen molar-refractivity contribution < 1.29 is 19.1 Å². The van der Waals surface area contributed by atoms with Gasteiger partial charge in [0.25, 0.3) is 5.78 Å². The molecule has 3 aliphatic rings. The van der Waals surface area contributed by atoms with Gasteiger partial charge in [-0.2, -0.15) is 0 Å². The highest BCUT2D eigenvalue weighted by atomic mass is 16.6. The number of fused-ring (bicyclic) bond motifs is 2. The van der Waals surface area contributed by atoms with E-state index in [0.29, 0.717) is 42.6 Å². The fraction of sp³-hybridized carbons (Fsp3) is 0.333. The van der Waals surface area contributed by atoms with E-state index in [1.807, 2.05) is 18.2 Å². The summed E-state index contributed by atoms with van der Waals surface area (Å²) >= 11 is 0. The Morgan fingerprint density at radius 2 is 1.55 bits per heavy atom. The molecule has 2 aromatic rings. The fourth-order valence-corrected chi connectivity index (χ4v) is 4.19. The summed E-state index contributed by atoms with van der Waals surface area (Å²) in [6.45, 7) is 5.75. The highest BCUT2D eigenvalue weighted by Crippen LogP contribution is 2.40. The molecule has 0 spiro atoms. The summed E-state index contributed by atoms with van der Waals surface area (Å²) < 4.78 is 11.2. The van der Waals surface area contributed by atoms with Crippen molar-refractivity contribution in [3.8, 4) is 11.5 Å². The van der Waals surface area contributed by atoms with E-state index in [9.17, 15) is 9.59 Å². The molecular weight excluding hydrogens is 394 g/mol. The van der Waals surface area contributed by atoms with Gasteiger partial charge in [0, 0.05) is 38.8 Å². The first kappa shape index (κ1) is 19.8. The van der Waals surface area contributed by atoms with Crippen molar-refractivity contribution in [3.63, 3.8) is 0 Å². The molecule has 160 valence electrons. The Bertz CT molecular complexity index is 1010. The highest BCUT2D eigenvalue weighted by Gasteiger charge is 2.38. The van der Waals surface area contributed by atoms with E-state index in [1.165, 1.54) is 5.56 Å². The molecule has 0 aliphatic carbocycles. The second-order valence-electron chi connectivity index (χ2n) is 7.95. The molecule has 0 bridgehead atoms. The van der Waals surface area contributed by atoms with Crippen LogP contribution in [0.15, 0.2) is 48.5 Å². The standard InChI is InChI=1S/C24H25N3O4/c28-23-19-15-21-22(31-14-13-30-21)16-20(19)27(24(23)29)17-26-11-9-25(10-12-26)8-4-7-18-5-2-1-3-6-18/h1-7,15-16H,8-14,17H2/b7-4+. The summed E-state index contributed by atoms with van der Waals surface area (Å²) in [5, 5.41) is 0. The average molecular weight is 419 g/mol. The van der Waals surface area contributed by atoms with Crippen molar-refractivity contribution in [2.75, 3.05) is 57.5 Å². The number of hydrogen-bond donors (Lipinski definition) is 0. The van der Waals surface area contributed by atoms with Crippen LogP contribution >= 0.6 is 0 Å². The maximum Gasteiger partial charge on any atom is 0.300 e. The second kappa shape index (κ2) is 8.53. The van der Waals surface area contributed by atoms with Crippen molar-refractivity contribution >= 4 is 23.5 Å². The lowest BCUT2D eigenvalue weighted by Crippen LogP contribution is -2.50. The number of ether oxygens (including phenoxy) is 2. The number of anilines is 1. The molecule has 1 saturated heterocycles. The third-order valence-electron chi connectivity index (χ3n) is 5.92. The average Bonchev–Trinajstić information content (AvgIpc) is 3.04. The van der Waals surface area contributed by atoms with Crippen LogP contribution in [0.4, 0.5) is 5.69 Å². The molecule has 31 heavy (non-hydrogen) atoms. The number of Topliss-reactive ketones (excluding diaryl/α,β-unsaturated/α-hetero) is 1. The number of amides is 1. The lowest BCUT2D eigenvalue weighted by molar-refractivity contribution is -0.114. The van der Waals surface area contributed by atoms with E-state index in [4.69, 9.17) is 9.47 Å². The topological polar surface area (TPSA) is 62.3 Å². The van der Waals surface area contributed by atoms with Crippen LogP contribution in [0.5, 0.6) is 11.5 Å². The van der Waals surface area contributed by atoms with Gasteiger partial charge in [0.05, 0.1) is 17.9 Å². The van der Waals surface area contributed by atoms with Gasteiger partial charge in [0.1, 0.15) is 13.2 Å². The van der Waals surface area contributed by atoms with Crippen LogP contribution in [-0.4, -0.2) is 74.1 Å². The Hall–Kier alpha value is -3.16. The van der Waals surface area contributed by atoms with Gasteiger partial charge in [-0.05, 0) is 11.6 Å². The van der Waals surface area contributed by atoms with Gasteiger partial charge in [0.15, 0.2) is 11.5 Å². The van der Waals surface area contributed by atoms with E-state index in [1.54, 1.807) is 17.0 Å². The quantitative estimate of drug-likeness (QED) is 0.693. The number of carbonyl (C=O) groups excluding carboxylic acids is 2. The number of hydrogen-bond acceptors (Lipinski definition) is 6. The van der Waals surface area contributed by atoms with Crippen molar-refractivity contribution in [2.45, 2.75) is 0 Å². The summed E-state index contributed by atoms with van der Waals surface area (Å²) in [6.07, 6.45) is 4.33. The Kier molecular flexibility index (Phi) is 5.44. The monoisotopic (exact) mass is 419 g/mol. The normalized spacial score (nSPS) is 19.3. The maximum absolute atomic E-state index is 12.6. The molecule has 1 amide bonds. The van der Waals surface area contributed by atoms with Gasteiger partial charge in [-0.3, -0.25) is 24.3 Å². The van der Waals surface area contributed by atoms with Gasteiger partial charge >= 0.3 is 5.91 Å². The van der Waals surface area contributed by atoms with Gasteiger partial charge in [-0.1, -0.05) is 42.5 Å². The molecule has 0 unspecified atom stereocenters. The summed E-state index contributed by atoms with van der Waals surface area (Å²) in [6, 6.07) is 13.7. The van der Waals surface area contributed by atoms with E-state index in [0.717, 1.165) is 32.7 Å². The molecule has 3 aliphatic heterocycles. The molecule has 7 heteroatoms. The zero-order valence-electron chi connectivity index (χ0n) is 17.3. The minimum atomic E-state index is -0.481. The van der Waals surface area contributed by atoms with Crippen molar-refractivity contribution in [1.82, 2.24) is 9.80 Å². The number of ketones is 1. The second-order valence-corrected chi connectivity index (χ2v) is 7.95. The molecule has 7 nitrogen and oxygen atoms in total. The molecule has 0 saturated carbocycles. The molecule has 2 aromatic carbocycles. The SMILES string of the molecule is O=C1C(=O)N(CN2CCN(C/C=C/c3ccccc3)CC2)c2cc3c(cc21)OCCO3. The molecule has 5 rings (SSSR count). The minimum Gasteiger partial charge on any atom is -0.486 e. The van der Waals surface area contributed by atoms with Crippen molar-refractivity contribution in [3.05, 3.63) is 59.7 Å². The number of nitrogens with zero attached hydrogens (tertiary/aromatic N) is 3. The number of piperazine rings is 1. The van der Waals surface area contributed by atoms with Gasteiger partial charge < -0.3 is 9.47 Å². The van der Waals surface area contributed by atoms with Crippen LogP contribution in [0, 0.1) is 0 Å². The molecule has 0 atom stereocenters. The van der Waals surface area contributed by atoms with Crippen LogP contribution < -0.4 is 14.4 Å². The Morgan fingerprint density at radius 3 is 2.29 bits per heavy atom. The number of carbonyl (C=O) groups is 2. The van der Waals surface area contributed by atoms with Crippen molar-refractivity contribution in [2.24, 2.45) is 0 Å².